The fourth-order valence-electron chi connectivity index (χ4n) is 1.39. The van der Waals surface area contributed by atoms with Gasteiger partial charge in [-0.3, -0.25) is 9.48 Å². The van der Waals surface area contributed by atoms with E-state index in [1.54, 1.807) is 20.0 Å². The Morgan fingerprint density at radius 1 is 1.63 bits per heavy atom. The molecule has 0 aromatic carbocycles. The number of aromatic nitrogens is 2. The van der Waals surface area contributed by atoms with Gasteiger partial charge in [-0.25, -0.2) is 0 Å². The molecule has 1 amide bonds. The van der Waals surface area contributed by atoms with Crippen LogP contribution in [0.3, 0.4) is 0 Å². The van der Waals surface area contributed by atoms with Crippen molar-refractivity contribution in [2.24, 2.45) is 7.05 Å². The molecule has 0 radical (unpaired) electrons. The molecule has 6 nitrogen and oxygen atoms in total. The number of amides is 1. The minimum absolute atomic E-state index is 0.0353. The van der Waals surface area contributed by atoms with E-state index in [1.165, 1.54) is 17.7 Å². The Morgan fingerprint density at radius 3 is 2.74 bits per heavy atom. The summed E-state index contributed by atoms with van der Waals surface area (Å²) in [6.45, 7) is 2.76. The number of rotatable bonds is 5. The highest BCUT2D eigenvalue weighted by atomic mass is 35.5. The third kappa shape index (κ3) is 4.34. The summed E-state index contributed by atoms with van der Waals surface area (Å²) in [6.07, 6.45) is 2.87. The lowest BCUT2D eigenvalue weighted by molar-refractivity contribution is -0.117. The van der Waals surface area contributed by atoms with Crippen LogP contribution in [0, 0.1) is 6.92 Å². The number of halogens is 1. The largest absolute Gasteiger partial charge is 0.393 e. The standard InChI is InChI=1S/C12H18ClN3O3/c1-8-9(11(13)16(3)15-8)4-5-10(18)14-6-12(2,19)7-17/h4-5,17,19H,6-7H2,1-3H3,(H,14,18). The van der Waals surface area contributed by atoms with Gasteiger partial charge in [0.05, 0.1) is 12.3 Å². The predicted octanol–water partition coefficient (Wildman–Crippen LogP) is 0.255. The van der Waals surface area contributed by atoms with E-state index in [1.807, 2.05) is 0 Å². The van der Waals surface area contributed by atoms with Crippen LogP contribution in [0.4, 0.5) is 0 Å². The van der Waals surface area contributed by atoms with Gasteiger partial charge < -0.3 is 15.5 Å². The summed E-state index contributed by atoms with van der Waals surface area (Å²) < 4.78 is 1.52. The molecule has 1 rings (SSSR count). The van der Waals surface area contributed by atoms with Gasteiger partial charge in [0, 0.05) is 25.2 Å². The lowest BCUT2D eigenvalue weighted by Crippen LogP contribution is -2.42. The van der Waals surface area contributed by atoms with Gasteiger partial charge in [0.25, 0.3) is 0 Å². The average Bonchev–Trinajstić information content (AvgIpc) is 2.59. The van der Waals surface area contributed by atoms with Crippen LogP contribution >= 0.6 is 11.6 Å². The van der Waals surface area contributed by atoms with Crippen LogP contribution in [0.15, 0.2) is 6.08 Å². The molecule has 0 fully saturated rings. The quantitative estimate of drug-likeness (QED) is 0.678. The van der Waals surface area contributed by atoms with Crippen molar-refractivity contribution in [3.8, 4) is 0 Å². The van der Waals surface area contributed by atoms with Crippen LogP contribution in [0.2, 0.25) is 5.15 Å². The van der Waals surface area contributed by atoms with E-state index in [0.29, 0.717) is 10.7 Å². The van der Waals surface area contributed by atoms with Crippen molar-refractivity contribution in [2.75, 3.05) is 13.2 Å². The molecule has 0 saturated heterocycles. The number of aryl methyl sites for hydroxylation is 2. The van der Waals surface area contributed by atoms with Gasteiger partial charge in [0.15, 0.2) is 0 Å². The maximum absolute atomic E-state index is 11.5. The lowest BCUT2D eigenvalue weighted by Gasteiger charge is -2.19. The third-order valence-corrected chi connectivity index (χ3v) is 3.03. The zero-order valence-corrected chi connectivity index (χ0v) is 11.9. The smallest absolute Gasteiger partial charge is 0.244 e. The molecule has 0 saturated carbocycles. The summed E-state index contributed by atoms with van der Waals surface area (Å²) in [6, 6.07) is 0. The van der Waals surface area contributed by atoms with Gasteiger partial charge >= 0.3 is 0 Å². The summed E-state index contributed by atoms with van der Waals surface area (Å²) >= 11 is 6.01. The van der Waals surface area contributed by atoms with Crippen molar-refractivity contribution in [3.05, 3.63) is 22.5 Å². The minimum Gasteiger partial charge on any atom is -0.393 e. The Kier molecular flexibility index (Phi) is 5.11. The first-order chi connectivity index (χ1) is 8.76. The van der Waals surface area contributed by atoms with Gasteiger partial charge in [0.1, 0.15) is 10.8 Å². The molecule has 1 atom stereocenters. The minimum atomic E-state index is -1.33. The number of carbonyl (C=O) groups is 1. The number of carbonyl (C=O) groups excluding carboxylic acids is 1. The molecule has 0 aliphatic heterocycles. The van der Waals surface area contributed by atoms with Crippen LogP contribution in [0.1, 0.15) is 18.2 Å². The zero-order valence-electron chi connectivity index (χ0n) is 11.1. The van der Waals surface area contributed by atoms with Gasteiger partial charge in [-0.2, -0.15) is 5.10 Å². The maximum atomic E-state index is 11.5. The number of aliphatic hydroxyl groups excluding tert-OH is 1. The van der Waals surface area contributed by atoms with Crippen molar-refractivity contribution in [3.63, 3.8) is 0 Å². The Labute approximate surface area is 116 Å². The molecule has 1 heterocycles. The first-order valence-corrected chi connectivity index (χ1v) is 6.13. The molecule has 1 aromatic heterocycles. The van der Waals surface area contributed by atoms with Crippen LogP contribution in [0.25, 0.3) is 6.08 Å². The van der Waals surface area contributed by atoms with Crippen LogP contribution in [-0.4, -0.2) is 44.7 Å². The first-order valence-electron chi connectivity index (χ1n) is 5.75. The number of nitrogens with one attached hydrogen (secondary N) is 1. The van der Waals surface area contributed by atoms with Crippen LogP contribution in [0.5, 0.6) is 0 Å². The SMILES string of the molecule is Cc1nn(C)c(Cl)c1C=CC(=O)NCC(C)(O)CO. The highest BCUT2D eigenvalue weighted by Crippen LogP contribution is 2.19. The highest BCUT2D eigenvalue weighted by molar-refractivity contribution is 6.31. The van der Waals surface area contributed by atoms with E-state index >= 15 is 0 Å². The topological polar surface area (TPSA) is 87.4 Å². The third-order valence-electron chi connectivity index (χ3n) is 2.58. The van der Waals surface area contributed by atoms with Crippen molar-refractivity contribution in [1.82, 2.24) is 15.1 Å². The molecule has 7 heteroatoms. The maximum Gasteiger partial charge on any atom is 0.244 e. The van der Waals surface area contributed by atoms with E-state index in [4.69, 9.17) is 16.7 Å². The van der Waals surface area contributed by atoms with E-state index in [2.05, 4.69) is 10.4 Å². The molecule has 0 aliphatic carbocycles. The molecule has 106 valence electrons. The Balaban J connectivity index is 2.64. The number of hydrogen-bond acceptors (Lipinski definition) is 4. The molecule has 0 spiro atoms. The molecule has 0 bridgehead atoms. The Hall–Kier alpha value is -1.37. The van der Waals surface area contributed by atoms with E-state index < -0.39 is 12.2 Å². The molecular formula is C12H18ClN3O3. The Morgan fingerprint density at radius 2 is 2.26 bits per heavy atom. The van der Waals surface area contributed by atoms with E-state index in [9.17, 15) is 9.90 Å². The van der Waals surface area contributed by atoms with Crippen LogP contribution in [-0.2, 0) is 11.8 Å². The van der Waals surface area contributed by atoms with Crippen LogP contribution < -0.4 is 5.32 Å². The second-order valence-electron chi connectivity index (χ2n) is 4.62. The van der Waals surface area contributed by atoms with Crippen molar-refractivity contribution in [1.29, 1.82) is 0 Å². The number of aliphatic hydroxyl groups is 2. The summed E-state index contributed by atoms with van der Waals surface area (Å²) in [5, 5.41) is 25.4. The van der Waals surface area contributed by atoms with Crippen molar-refractivity contribution < 1.29 is 15.0 Å². The van der Waals surface area contributed by atoms with E-state index in [-0.39, 0.29) is 12.5 Å². The second-order valence-corrected chi connectivity index (χ2v) is 4.98. The van der Waals surface area contributed by atoms with Gasteiger partial charge in [0.2, 0.25) is 5.91 Å². The monoisotopic (exact) mass is 287 g/mol. The van der Waals surface area contributed by atoms with Crippen molar-refractivity contribution in [2.45, 2.75) is 19.4 Å². The molecular weight excluding hydrogens is 270 g/mol. The van der Waals surface area contributed by atoms with Gasteiger partial charge in [-0.05, 0) is 19.9 Å². The summed E-state index contributed by atoms with van der Waals surface area (Å²) in [7, 11) is 1.71. The number of nitrogens with zero attached hydrogens (tertiary/aromatic N) is 2. The Bertz CT molecular complexity index is 495. The summed E-state index contributed by atoms with van der Waals surface area (Å²) in [5.41, 5.74) is 0.0675. The first kappa shape index (κ1) is 15.7. The van der Waals surface area contributed by atoms with E-state index in [0.717, 1.165) is 5.69 Å². The fraction of sp³-hybridized carbons (Fsp3) is 0.500. The fourth-order valence-corrected chi connectivity index (χ4v) is 1.62. The molecule has 3 N–H and O–H groups in total. The van der Waals surface area contributed by atoms with Crippen molar-refractivity contribution >= 4 is 23.6 Å². The molecule has 0 aliphatic rings. The molecule has 1 aromatic rings. The van der Waals surface area contributed by atoms with Gasteiger partial charge in [-0.15, -0.1) is 0 Å². The zero-order chi connectivity index (χ0) is 14.6. The second kappa shape index (κ2) is 6.18. The highest BCUT2D eigenvalue weighted by Gasteiger charge is 2.19. The normalized spacial score (nSPS) is 14.6. The van der Waals surface area contributed by atoms with Gasteiger partial charge in [-0.1, -0.05) is 11.6 Å². The average molecular weight is 288 g/mol. The predicted molar refractivity (Wildman–Crippen MR) is 72.7 cm³/mol. The summed E-state index contributed by atoms with van der Waals surface area (Å²) in [4.78, 5) is 11.5. The summed E-state index contributed by atoms with van der Waals surface area (Å²) in [5.74, 6) is -0.381. The molecule has 1 unspecified atom stereocenters. The lowest BCUT2D eigenvalue weighted by atomic mass is 10.1. The number of hydrogen-bond donors (Lipinski definition) is 3. The molecule has 19 heavy (non-hydrogen) atoms.